The highest BCUT2D eigenvalue weighted by molar-refractivity contribution is 5.47. The fourth-order valence-corrected chi connectivity index (χ4v) is 2.11. The lowest BCUT2D eigenvalue weighted by atomic mass is 9.96. The average Bonchev–Trinajstić information content (AvgIpc) is 2.78. The van der Waals surface area contributed by atoms with Gasteiger partial charge in [-0.3, -0.25) is 4.68 Å². The molecule has 102 valence electrons. The van der Waals surface area contributed by atoms with E-state index in [0.717, 1.165) is 23.4 Å². The van der Waals surface area contributed by atoms with Gasteiger partial charge in [-0.25, -0.2) is 0 Å². The van der Waals surface area contributed by atoms with Gasteiger partial charge in [-0.05, 0) is 18.9 Å². The smallest absolute Gasteiger partial charge is 0.104 e. The summed E-state index contributed by atoms with van der Waals surface area (Å²) in [7, 11) is 1.90. The standard InChI is InChI=1S/C15H21N3O/c1-4-13-14(10-18(3)17-13)16-11-15(2,19)12-8-6-5-7-9-12/h5-10,16,19H,4,11H2,1-3H3. The molecule has 0 aliphatic rings. The highest BCUT2D eigenvalue weighted by Gasteiger charge is 2.23. The summed E-state index contributed by atoms with van der Waals surface area (Å²) in [4.78, 5) is 0. The Labute approximate surface area is 114 Å². The zero-order valence-corrected chi connectivity index (χ0v) is 11.7. The second-order valence-corrected chi connectivity index (χ2v) is 5.01. The van der Waals surface area contributed by atoms with Crippen molar-refractivity contribution in [1.29, 1.82) is 0 Å². The van der Waals surface area contributed by atoms with E-state index in [1.807, 2.05) is 50.5 Å². The maximum absolute atomic E-state index is 10.5. The number of hydrogen-bond donors (Lipinski definition) is 2. The summed E-state index contributed by atoms with van der Waals surface area (Å²) in [5, 5.41) is 18.2. The molecule has 0 aliphatic heterocycles. The normalized spacial score (nSPS) is 14.1. The van der Waals surface area contributed by atoms with Gasteiger partial charge in [0.25, 0.3) is 0 Å². The zero-order valence-electron chi connectivity index (χ0n) is 11.7. The monoisotopic (exact) mass is 259 g/mol. The van der Waals surface area contributed by atoms with Crippen LogP contribution in [0.15, 0.2) is 36.5 Å². The Balaban J connectivity index is 2.09. The maximum atomic E-state index is 10.5. The van der Waals surface area contributed by atoms with Crippen LogP contribution in [-0.2, 0) is 19.1 Å². The molecule has 2 rings (SSSR count). The molecule has 0 saturated carbocycles. The number of benzene rings is 1. The molecule has 0 amide bonds. The third-order valence-corrected chi connectivity index (χ3v) is 3.26. The molecule has 2 N–H and O–H groups in total. The SMILES string of the molecule is CCc1nn(C)cc1NCC(C)(O)c1ccccc1. The van der Waals surface area contributed by atoms with Crippen LogP contribution in [0.1, 0.15) is 25.1 Å². The number of aromatic nitrogens is 2. The van der Waals surface area contributed by atoms with Crippen molar-refractivity contribution in [1.82, 2.24) is 9.78 Å². The van der Waals surface area contributed by atoms with Gasteiger partial charge < -0.3 is 10.4 Å². The van der Waals surface area contributed by atoms with E-state index in [1.165, 1.54) is 0 Å². The van der Waals surface area contributed by atoms with Crippen LogP contribution < -0.4 is 5.32 Å². The molecule has 1 aromatic heterocycles. The highest BCUT2D eigenvalue weighted by Crippen LogP contribution is 2.22. The maximum Gasteiger partial charge on any atom is 0.104 e. The Morgan fingerprint density at radius 3 is 2.63 bits per heavy atom. The molecule has 0 saturated heterocycles. The zero-order chi connectivity index (χ0) is 13.9. The largest absolute Gasteiger partial charge is 0.384 e. The second-order valence-electron chi connectivity index (χ2n) is 5.01. The Bertz CT molecular complexity index is 532. The third kappa shape index (κ3) is 3.15. The second kappa shape index (κ2) is 5.45. The first kappa shape index (κ1) is 13.6. The summed E-state index contributed by atoms with van der Waals surface area (Å²) in [6.07, 6.45) is 2.82. The topological polar surface area (TPSA) is 50.1 Å². The Morgan fingerprint density at radius 1 is 1.32 bits per heavy atom. The number of anilines is 1. The van der Waals surface area contributed by atoms with Crippen molar-refractivity contribution in [2.75, 3.05) is 11.9 Å². The molecule has 0 aliphatic carbocycles. The minimum absolute atomic E-state index is 0.454. The van der Waals surface area contributed by atoms with Crippen LogP contribution in [0.5, 0.6) is 0 Å². The van der Waals surface area contributed by atoms with Crippen LogP contribution >= 0.6 is 0 Å². The molecule has 1 unspecified atom stereocenters. The van der Waals surface area contributed by atoms with Crippen LogP contribution in [0, 0.1) is 0 Å². The number of rotatable bonds is 5. The first-order valence-electron chi connectivity index (χ1n) is 6.57. The van der Waals surface area contributed by atoms with Gasteiger partial charge in [0.1, 0.15) is 5.60 Å². The summed E-state index contributed by atoms with van der Waals surface area (Å²) in [6.45, 7) is 4.34. The lowest BCUT2D eigenvalue weighted by molar-refractivity contribution is 0.0715. The predicted molar refractivity (Wildman–Crippen MR) is 77.1 cm³/mol. The van der Waals surface area contributed by atoms with Gasteiger partial charge in [-0.15, -0.1) is 0 Å². The van der Waals surface area contributed by atoms with Gasteiger partial charge in [-0.1, -0.05) is 37.3 Å². The van der Waals surface area contributed by atoms with E-state index in [4.69, 9.17) is 0 Å². The quantitative estimate of drug-likeness (QED) is 0.866. The molecule has 2 aromatic rings. The van der Waals surface area contributed by atoms with Crippen LogP contribution in [0.4, 0.5) is 5.69 Å². The van der Waals surface area contributed by atoms with Crippen molar-refractivity contribution >= 4 is 5.69 Å². The fraction of sp³-hybridized carbons (Fsp3) is 0.400. The minimum Gasteiger partial charge on any atom is -0.384 e. The van der Waals surface area contributed by atoms with Gasteiger partial charge in [0, 0.05) is 19.8 Å². The fourth-order valence-electron chi connectivity index (χ4n) is 2.11. The predicted octanol–water partition coefficient (Wildman–Crippen LogP) is 2.30. The van der Waals surface area contributed by atoms with Crippen molar-refractivity contribution in [2.24, 2.45) is 7.05 Å². The molecule has 0 bridgehead atoms. The first-order valence-corrected chi connectivity index (χ1v) is 6.57. The molecule has 4 heteroatoms. The summed E-state index contributed by atoms with van der Waals surface area (Å²) >= 11 is 0. The number of hydrogen-bond acceptors (Lipinski definition) is 3. The molecular weight excluding hydrogens is 238 g/mol. The van der Waals surface area contributed by atoms with Crippen LogP contribution in [0.2, 0.25) is 0 Å². The van der Waals surface area contributed by atoms with E-state index >= 15 is 0 Å². The average molecular weight is 259 g/mol. The van der Waals surface area contributed by atoms with Crippen molar-refractivity contribution in [3.8, 4) is 0 Å². The number of nitrogens with zero attached hydrogens (tertiary/aromatic N) is 2. The van der Waals surface area contributed by atoms with Crippen molar-refractivity contribution < 1.29 is 5.11 Å². The van der Waals surface area contributed by atoms with E-state index < -0.39 is 5.60 Å². The van der Waals surface area contributed by atoms with Crippen molar-refractivity contribution in [3.05, 3.63) is 47.8 Å². The molecule has 4 nitrogen and oxygen atoms in total. The van der Waals surface area contributed by atoms with Gasteiger partial charge in [0.2, 0.25) is 0 Å². The lowest BCUT2D eigenvalue weighted by Crippen LogP contribution is -2.30. The molecule has 1 heterocycles. The molecular formula is C15H21N3O. The Kier molecular flexibility index (Phi) is 3.90. The molecule has 1 atom stereocenters. The van der Waals surface area contributed by atoms with Gasteiger partial charge in [0.15, 0.2) is 0 Å². The van der Waals surface area contributed by atoms with E-state index in [1.54, 1.807) is 4.68 Å². The van der Waals surface area contributed by atoms with Crippen molar-refractivity contribution in [3.63, 3.8) is 0 Å². The number of aliphatic hydroxyl groups is 1. The molecule has 0 spiro atoms. The molecule has 19 heavy (non-hydrogen) atoms. The van der Waals surface area contributed by atoms with Crippen LogP contribution in [-0.4, -0.2) is 21.4 Å². The highest BCUT2D eigenvalue weighted by atomic mass is 16.3. The summed E-state index contributed by atoms with van der Waals surface area (Å²) < 4.78 is 1.79. The molecule has 0 fully saturated rings. The van der Waals surface area contributed by atoms with E-state index in [0.29, 0.717) is 6.54 Å². The summed E-state index contributed by atoms with van der Waals surface area (Å²) in [5.74, 6) is 0. The lowest BCUT2D eigenvalue weighted by Gasteiger charge is -2.24. The van der Waals surface area contributed by atoms with E-state index in [9.17, 15) is 5.11 Å². The Hall–Kier alpha value is -1.81. The molecule has 0 radical (unpaired) electrons. The first-order chi connectivity index (χ1) is 9.03. The van der Waals surface area contributed by atoms with E-state index in [-0.39, 0.29) is 0 Å². The van der Waals surface area contributed by atoms with Gasteiger partial charge >= 0.3 is 0 Å². The minimum atomic E-state index is -0.901. The van der Waals surface area contributed by atoms with E-state index in [2.05, 4.69) is 17.3 Å². The molecule has 1 aromatic carbocycles. The Morgan fingerprint density at radius 2 is 2.00 bits per heavy atom. The third-order valence-electron chi connectivity index (χ3n) is 3.26. The number of nitrogens with one attached hydrogen (secondary N) is 1. The number of aryl methyl sites for hydroxylation is 2. The van der Waals surface area contributed by atoms with Crippen LogP contribution in [0.3, 0.4) is 0 Å². The van der Waals surface area contributed by atoms with Gasteiger partial charge in [-0.2, -0.15) is 5.10 Å². The van der Waals surface area contributed by atoms with Crippen molar-refractivity contribution in [2.45, 2.75) is 25.9 Å². The summed E-state index contributed by atoms with van der Waals surface area (Å²) in [5.41, 5.74) is 2.01. The van der Waals surface area contributed by atoms with Crippen LogP contribution in [0.25, 0.3) is 0 Å². The van der Waals surface area contributed by atoms with Gasteiger partial charge in [0.05, 0.1) is 11.4 Å². The summed E-state index contributed by atoms with van der Waals surface area (Å²) in [6, 6.07) is 9.69.